The zero-order chi connectivity index (χ0) is 19.4. The van der Waals surface area contributed by atoms with Crippen LogP contribution in [0.25, 0.3) is 10.7 Å². The summed E-state index contributed by atoms with van der Waals surface area (Å²) in [7, 11) is 0. The molecule has 138 valence electrons. The zero-order valence-electron chi connectivity index (χ0n) is 14.7. The first-order chi connectivity index (χ1) is 12.9. The first-order valence-electron chi connectivity index (χ1n) is 8.06. The summed E-state index contributed by atoms with van der Waals surface area (Å²) in [5.41, 5.74) is 2.66. The van der Waals surface area contributed by atoms with E-state index in [9.17, 15) is 9.59 Å². The van der Waals surface area contributed by atoms with Crippen molar-refractivity contribution in [1.82, 2.24) is 9.97 Å². The van der Waals surface area contributed by atoms with Crippen LogP contribution in [-0.4, -0.2) is 28.5 Å². The van der Waals surface area contributed by atoms with Gasteiger partial charge in [-0.25, -0.2) is 9.78 Å². The first kappa shape index (κ1) is 19.0. The molecule has 0 aliphatic carbocycles. The maximum Gasteiger partial charge on any atom is 0.350 e. The fourth-order valence-corrected chi connectivity index (χ4v) is 3.41. The highest BCUT2D eigenvalue weighted by Gasteiger charge is 2.19. The molecule has 0 saturated carbocycles. The molecule has 0 atom stereocenters. The molecule has 8 heteroatoms. The van der Waals surface area contributed by atoms with Gasteiger partial charge in [-0.05, 0) is 43.7 Å². The second-order valence-electron chi connectivity index (χ2n) is 5.73. The van der Waals surface area contributed by atoms with Crippen LogP contribution in [0.15, 0.2) is 42.6 Å². The molecule has 2 heterocycles. The number of esters is 1. The number of hydrogen-bond acceptors (Lipinski definition) is 6. The summed E-state index contributed by atoms with van der Waals surface area (Å²) in [4.78, 5) is 33.3. The largest absolute Gasteiger partial charge is 0.451 e. The standard InChI is InChI=1S/C19H16ClN3O3S/c1-11-6-7-13(20)9-15(11)23-16(24)10-26-19(25)17-12(2)22-18(27-17)14-5-3-4-8-21-14/h3-9H,10H2,1-2H3,(H,23,24). The van der Waals surface area contributed by atoms with E-state index in [1.807, 2.05) is 19.1 Å². The van der Waals surface area contributed by atoms with Crippen LogP contribution in [0.1, 0.15) is 20.9 Å². The van der Waals surface area contributed by atoms with E-state index in [2.05, 4.69) is 15.3 Å². The van der Waals surface area contributed by atoms with Gasteiger partial charge in [0.25, 0.3) is 5.91 Å². The molecule has 0 spiro atoms. The van der Waals surface area contributed by atoms with E-state index in [1.54, 1.807) is 37.4 Å². The minimum absolute atomic E-state index is 0.349. The van der Waals surface area contributed by atoms with Crippen LogP contribution in [0.5, 0.6) is 0 Å². The third kappa shape index (κ3) is 4.69. The SMILES string of the molecule is Cc1ccc(Cl)cc1NC(=O)COC(=O)c1sc(-c2ccccn2)nc1C. The Labute approximate surface area is 165 Å². The predicted molar refractivity (Wildman–Crippen MR) is 105 cm³/mol. The van der Waals surface area contributed by atoms with Crippen LogP contribution >= 0.6 is 22.9 Å². The number of amides is 1. The Morgan fingerprint density at radius 3 is 2.78 bits per heavy atom. The Kier molecular flexibility index (Phi) is 5.83. The van der Waals surface area contributed by atoms with E-state index in [4.69, 9.17) is 16.3 Å². The van der Waals surface area contributed by atoms with Gasteiger partial charge in [0, 0.05) is 16.9 Å². The minimum Gasteiger partial charge on any atom is -0.451 e. The number of aromatic nitrogens is 2. The van der Waals surface area contributed by atoms with Crippen molar-refractivity contribution in [2.24, 2.45) is 0 Å². The number of carbonyl (C=O) groups excluding carboxylic acids is 2. The van der Waals surface area contributed by atoms with Gasteiger partial charge in [0.15, 0.2) is 6.61 Å². The number of thiazole rings is 1. The van der Waals surface area contributed by atoms with Crippen LogP contribution in [-0.2, 0) is 9.53 Å². The van der Waals surface area contributed by atoms with Crippen molar-refractivity contribution >= 4 is 40.5 Å². The lowest BCUT2D eigenvalue weighted by atomic mass is 10.2. The number of benzene rings is 1. The zero-order valence-corrected chi connectivity index (χ0v) is 16.2. The van der Waals surface area contributed by atoms with Crippen molar-refractivity contribution in [3.8, 4) is 10.7 Å². The van der Waals surface area contributed by atoms with Crippen LogP contribution in [0, 0.1) is 13.8 Å². The van der Waals surface area contributed by atoms with Crippen molar-refractivity contribution in [3.63, 3.8) is 0 Å². The number of halogens is 1. The normalized spacial score (nSPS) is 10.5. The van der Waals surface area contributed by atoms with Gasteiger partial charge in [-0.2, -0.15) is 0 Å². The topological polar surface area (TPSA) is 81.2 Å². The summed E-state index contributed by atoms with van der Waals surface area (Å²) in [6.45, 7) is 3.16. The molecule has 0 fully saturated rings. The number of aryl methyl sites for hydroxylation is 2. The Morgan fingerprint density at radius 1 is 1.22 bits per heavy atom. The smallest absolute Gasteiger partial charge is 0.350 e. The van der Waals surface area contributed by atoms with Gasteiger partial charge in [0.05, 0.1) is 11.4 Å². The molecular weight excluding hydrogens is 386 g/mol. The summed E-state index contributed by atoms with van der Waals surface area (Å²) in [6, 6.07) is 10.6. The second kappa shape index (κ2) is 8.28. The van der Waals surface area contributed by atoms with Crippen LogP contribution < -0.4 is 5.32 Å². The Morgan fingerprint density at radius 2 is 2.04 bits per heavy atom. The maximum atomic E-state index is 12.3. The fourth-order valence-electron chi connectivity index (χ4n) is 2.30. The lowest BCUT2D eigenvalue weighted by molar-refractivity contribution is -0.119. The number of nitrogens with zero attached hydrogens (tertiary/aromatic N) is 2. The van der Waals surface area contributed by atoms with Gasteiger partial charge in [0.2, 0.25) is 0 Å². The quantitative estimate of drug-likeness (QED) is 0.645. The van der Waals surface area contributed by atoms with Gasteiger partial charge >= 0.3 is 5.97 Å². The summed E-state index contributed by atoms with van der Waals surface area (Å²) in [6.07, 6.45) is 1.66. The first-order valence-corrected chi connectivity index (χ1v) is 9.25. The van der Waals surface area contributed by atoms with Crippen molar-refractivity contribution in [1.29, 1.82) is 0 Å². The van der Waals surface area contributed by atoms with Crippen LogP contribution in [0.4, 0.5) is 5.69 Å². The molecule has 0 unspecified atom stereocenters. The summed E-state index contributed by atoms with van der Waals surface area (Å²) in [5.74, 6) is -1.04. The highest BCUT2D eigenvalue weighted by molar-refractivity contribution is 7.17. The molecule has 6 nitrogen and oxygen atoms in total. The molecule has 0 aliphatic heterocycles. The van der Waals surface area contributed by atoms with Gasteiger partial charge in [0.1, 0.15) is 9.88 Å². The van der Waals surface area contributed by atoms with Gasteiger partial charge in [-0.1, -0.05) is 23.7 Å². The average Bonchev–Trinajstić information content (AvgIpc) is 3.05. The fraction of sp³-hybridized carbons (Fsp3) is 0.158. The van der Waals surface area contributed by atoms with Crippen molar-refractivity contribution < 1.29 is 14.3 Å². The molecule has 27 heavy (non-hydrogen) atoms. The number of nitrogens with one attached hydrogen (secondary N) is 1. The number of rotatable bonds is 5. The summed E-state index contributed by atoms with van der Waals surface area (Å²) >= 11 is 7.11. The molecule has 1 aromatic carbocycles. The minimum atomic E-state index is -0.592. The Bertz CT molecular complexity index is 989. The Balaban J connectivity index is 1.63. The molecule has 0 aliphatic rings. The Hall–Kier alpha value is -2.77. The molecule has 2 aromatic heterocycles. The van der Waals surface area contributed by atoms with Gasteiger partial charge in [-0.3, -0.25) is 9.78 Å². The second-order valence-corrected chi connectivity index (χ2v) is 7.17. The highest BCUT2D eigenvalue weighted by Crippen LogP contribution is 2.27. The molecule has 1 N–H and O–H groups in total. The monoisotopic (exact) mass is 401 g/mol. The summed E-state index contributed by atoms with van der Waals surface area (Å²) in [5, 5.41) is 3.81. The molecule has 3 rings (SSSR count). The van der Waals surface area contributed by atoms with E-state index < -0.39 is 18.5 Å². The molecular formula is C19H16ClN3O3S. The number of pyridine rings is 1. The lowest BCUT2D eigenvalue weighted by Gasteiger charge is -2.09. The number of hydrogen-bond donors (Lipinski definition) is 1. The molecule has 0 bridgehead atoms. The van der Waals surface area contributed by atoms with Crippen LogP contribution in [0.2, 0.25) is 5.02 Å². The maximum absolute atomic E-state index is 12.3. The third-order valence-corrected chi connectivity index (χ3v) is 5.07. The van der Waals surface area contributed by atoms with Crippen molar-refractivity contribution in [3.05, 3.63) is 63.8 Å². The van der Waals surface area contributed by atoms with E-state index in [0.717, 1.165) is 5.56 Å². The molecule has 0 radical (unpaired) electrons. The van der Waals surface area contributed by atoms with Gasteiger partial charge < -0.3 is 10.1 Å². The third-order valence-electron chi connectivity index (χ3n) is 3.67. The number of ether oxygens (including phenoxy) is 1. The van der Waals surface area contributed by atoms with E-state index >= 15 is 0 Å². The van der Waals surface area contributed by atoms with Crippen LogP contribution in [0.3, 0.4) is 0 Å². The average molecular weight is 402 g/mol. The highest BCUT2D eigenvalue weighted by atomic mass is 35.5. The van der Waals surface area contributed by atoms with E-state index in [-0.39, 0.29) is 0 Å². The molecule has 0 saturated heterocycles. The molecule has 1 amide bonds. The van der Waals surface area contributed by atoms with E-state index in [1.165, 1.54) is 11.3 Å². The lowest BCUT2D eigenvalue weighted by Crippen LogP contribution is -2.21. The summed E-state index contributed by atoms with van der Waals surface area (Å²) < 4.78 is 5.13. The van der Waals surface area contributed by atoms with Gasteiger partial charge in [-0.15, -0.1) is 11.3 Å². The molecule has 3 aromatic rings. The number of anilines is 1. The van der Waals surface area contributed by atoms with Crippen molar-refractivity contribution in [2.45, 2.75) is 13.8 Å². The van der Waals surface area contributed by atoms with Crippen molar-refractivity contribution in [2.75, 3.05) is 11.9 Å². The number of carbonyl (C=O) groups is 2. The van der Waals surface area contributed by atoms with E-state index in [0.29, 0.717) is 32.0 Å². The predicted octanol–water partition coefficient (Wildman–Crippen LogP) is 4.27.